The molecular weight excluding hydrogens is 487 g/mol. The maximum absolute atomic E-state index is 15.0. The summed E-state index contributed by atoms with van der Waals surface area (Å²) in [7, 11) is 1.97. The molecule has 2 aliphatic rings. The third kappa shape index (κ3) is 7.44. The first-order chi connectivity index (χ1) is 17.3. The van der Waals surface area contributed by atoms with E-state index in [0.29, 0.717) is 18.7 Å². The van der Waals surface area contributed by atoms with Gasteiger partial charge in [-0.3, -0.25) is 14.4 Å². The number of amides is 3. The molecule has 1 aliphatic carbocycles. The number of nitrogens with zero attached hydrogens (tertiary/aromatic N) is 2. The Morgan fingerprint density at radius 3 is 2.35 bits per heavy atom. The van der Waals surface area contributed by atoms with Crippen LogP contribution in [0.15, 0.2) is 18.2 Å². The molecule has 0 unspecified atom stereocenters. The highest BCUT2D eigenvalue weighted by Gasteiger charge is 2.44. The van der Waals surface area contributed by atoms with Gasteiger partial charge in [-0.1, -0.05) is 13.0 Å². The van der Waals surface area contributed by atoms with Crippen LogP contribution in [-0.2, 0) is 20.8 Å². The van der Waals surface area contributed by atoms with Crippen molar-refractivity contribution >= 4 is 23.4 Å². The Bertz CT molecular complexity index is 986. The van der Waals surface area contributed by atoms with Gasteiger partial charge in [0, 0.05) is 51.9 Å². The average Bonchev–Trinajstić information content (AvgIpc) is 2.84. The summed E-state index contributed by atoms with van der Waals surface area (Å²) < 4.78 is 42.0. The summed E-state index contributed by atoms with van der Waals surface area (Å²) >= 11 is 0. The minimum atomic E-state index is -2.74. The summed E-state index contributed by atoms with van der Waals surface area (Å²) in [5, 5.41) is 5.24. The number of halogens is 3. The zero-order valence-electron chi connectivity index (χ0n) is 21.8. The Balaban J connectivity index is 1.68. The number of carbonyl (C=O) groups excluding carboxylic acids is 3. The molecule has 1 heterocycles. The van der Waals surface area contributed by atoms with Gasteiger partial charge in [-0.25, -0.2) is 13.2 Å². The summed E-state index contributed by atoms with van der Waals surface area (Å²) in [5.74, 6) is -5.05. The lowest BCUT2D eigenvalue weighted by Crippen LogP contribution is -2.55. The molecule has 3 amide bonds. The monoisotopic (exact) mass is 525 g/mol. The fourth-order valence-electron chi connectivity index (χ4n) is 4.85. The number of nitrogens with two attached hydrogens (primary N) is 1. The van der Waals surface area contributed by atoms with Crippen molar-refractivity contribution in [3.05, 3.63) is 29.6 Å². The molecule has 37 heavy (non-hydrogen) atoms. The van der Waals surface area contributed by atoms with Crippen molar-refractivity contribution in [1.29, 1.82) is 0 Å². The third-order valence-corrected chi connectivity index (χ3v) is 7.55. The zero-order valence-corrected chi connectivity index (χ0v) is 21.8. The fraction of sp³-hybridized carbons (Fsp3) is 0.654. The number of alkyl halides is 2. The van der Waals surface area contributed by atoms with Gasteiger partial charge in [-0.15, -0.1) is 0 Å². The van der Waals surface area contributed by atoms with E-state index in [1.807, 2.05) is 7.05 Å². The zero-order chi connectivity index (χ0) is 27.4. The molecule has 3 rings (SSSR count). The number of benzene rings is 1. The van der Waals surface area contributed by atoms with Gasteiger partial charge in [0.25, 0.3) is 0 Å². The molecule has 1 saturated heterocycles. The van der Waals surface area contributed by atoms with Crippen molar-refractivity contribution in [2.75, 3.05) is 38.5 Å². The number of carbonyl (C=O) groups is 3. The van der Waals surface area contributed by atoms with Gasteiger partial charge >= 0.3 is 0 Å². The smallest absolute Gasteiger partial charge is 0.248 e. The van der Waals surface area contributed by atoms with E-state index in [2.05, 4.69) is 15.5 Å². The Morgan fingerprint density at radius 2 is 1.78 bits per heavy atom. The number of likely N-dealkylation sites (N-methyl/N-ethyl adjacent to an activating group) is 1. The molecule has 11 heteroatoms. The highest BCUT2D eigenvalue weighted by atomic mass is 19.3. The van der Waals surface area contributed by atoms with Gasteiger partial charge in [0.2, 0.25) is 23.6 Å². The van der Waals surface area contributed by atoms with E-state index in [1.165, 1.54) is 19.1 Å². The summed E-state index contributed by atoms with van der Waals surface area (Å²) in [6, 6.07) is 3.34. The van der Waals surface area contributed by atoms with Crippen LogP contribution < -0.4 is 16.4 Å². The normalized spacial score (nSPS) is 21.1. The van der Waals surface area contributed by atoms with Gasteiger partial charge in [-0.2, -0.15) is 0 Å². The van der Waals surface area contributed by atoms with E-state index in [-0.39, 0.29) is 56.0 Å². The van der Waals surface area contributed by atoms with Crippen LogP contribution in [-0.4, -0.2) is 78.3 Å². The second-order valence-corrected chi connectivity index (χ2v) is 10.5. The molecule has 2 fully saturated rings. The summed E-state index contributed by atoms with van der Waals surface area (Å²) in [6.45, 7) is 5.72. The molecule has 4 N–H and O–H groups in total. The molecule has 0 radical (unpaired) electrons. The first kappa shape index (κ1) is 28.9. The van der Waals surface area contributed by atoms with Crippen molar-refractivity contribution in [1.82, 2.24) is 15.1 Å². The number of nitrogens with one attached hydrogen (secondary N) is 2. The second kappa shape index (κ2) is 11.8. The van der Waals surface area contributed by atoms with Gasteiger partial charge < -0.3 is 26.2 Å². The molecular formula is C26H38F3N5O3. The van der Waals surface area contributed by atoms with Crippen molar-refractivity contribution in [2.45, 2.75) is 69.9 Å². The van der Waals surface area contributed by atoms with E-state index < -0.39 is 35.1 Å². The van der Waals surface area contributed by atoms with Gasteiger partial charge in [0.05, 0.1) is 11.2 Å². The quantitative estimate of drug-likeness (QED) is 0.484. The molecule has 1 aromatic carbocycles. The highest BCUT2D eigenvalue weighted by Crippen LogP contribution is 2.40. The molecule has 2 atom stereocenters. The second-order valence-electron chi connectivity index (χ2n) is 10.5. The van der Waals surface area contributed by atoms with E-state index in [4.69, 9.17) is 5.73 Å². The number of hydrogen-bond donors (Lipinski definition) is 3. The van der Waals surface area contributed by atoms with Crippen LogP contribution >= 0.6 is 0 Å². The average molecular weight is 526 g/mol. The summed E-state index contributed by atoms with van der Waals surface area (Å²) in [5.41, 5.74) is 5.17. The number of rotatable bonds is 8. The minimum absolute atomic E-state index is 0.0902. The van der Waals surface area contributed by atoms with E-state index in [9.17, 15) is 27.6 Å². The molecule has 1 aliphatic heterocycles. The molecule has 1 aromatic rings. The standard InChI is InChI=1S/C26H38F3N5O3/c1-4-22(35)31-21(23(36)34-13-11-33(3)12-14-34)16-17-5-6-20(19(27)15-17)32-24(37)25(2,30)18-7-9-26(28,29)10-8-18/h5-6,15,18,21H,4,7-14,16,30H2,1-3H3,(H,31,35)(H,32,37)/t21-,25-/m1/s1. The molecule has 0 spiro atoms. The Morgan fingerprint density at radius 1 is 1.16 bits per heavy atom. The van der Waals surface area contributed by atoms with E-state index in [0.717, 1.165) is 13.1 Å². The lowest BCUT2D eigenvalue weighted by Gasteiger charge is -2.37. The molecule has 0 aromatic heterocycles. The van der Waals surface area contributed by atoms with Crippen LogP contribution in [0, 0.1) is 11.7 Å². The lowest BCUT2D eigenvalue weighted by atomic mass is 9.74. The first-order valence-corrected chi connectivity index (χ1v) is 12.9. The summed E-state index contributed by atoms with van der Waals surface area (Å²) in [6.07, 6.45) is -0.135. The number of anilines is 1. The number of hydrogen-bond acceptors (Lipinski definition) is 5. The molecule has 8 nitrogen and oxygen atoms in total. The predicted octanol–water partition coefficient (Wildman–Crippen LogP) is 2.52. The van der Waals surface area contributed by atoms with Crippen molar-refractivity contribution in [2.24, 2.45) is 11.7 Å². The maximum Gasteiger partial charge on any atom is 0.248 e. The van der Waals surface area contributed by atoms with Crippen molar-refractivity contribution in [3.63, 3.8) is 0 Å². The predicted molar refractivity (Wildman–Crippen MR) is 135 cm³/mol. The number of piperazine rings is 1. The van der Waals surface area contributed by atoms with Gasteiger partial charge in [0.1, 0.15) is 11.9 Å². The highest BCUT2D eigenvalue weighted by molar-refractivity contribution is 5.98. The first-order valence-electron chi connectivity index (χ1n) is 12.9. The molecule has 206 valence electrons. The summed E-state index contributed by atoms with van der Waals surface area (Å²) in [4.78, 5) is 41.9. The van der Waals surface area contributed by atoms with Gasteiger partial charge in [0.15, 0.2) is 0 Å². The van der Waals surface area contributed by atoms with Gasteiger partial charge in [-0.05, 0) is 50.4 Å². The van der Waals surface area contributed by atoms with Crippen LogP contribution in [0.2, 0.25) is 0 Å². The van der Waals surface area contributed by atoms with Crippen molar-refractivity contribution in [3.8, 4) is 0 Å². The Hall–Kier alpha value is -2.66. The SMILES string of the molecule is CCC(=O)N[C@H](Cc1ccc(NC(=O)[C@](C)(N)C2CCC(F)(F)CC2)c(F)c1)C(=O)N1CCN(C)CC1. The maximum atomic E-state index is 15.0. The van der Waals surface area contributed by atoms with Crippen LogP contribution in [0.3, 0.4) is 0 Å². The largest absolute Gasteiger partial charge is 0.344 e. The molecule has 1 saturated carbocycles. The van der Waals surface area contributed by atoms with E-state index >= 15 is 0 Å². The van der Waals surface area contributed by atoms with Crippen molar-refractivity contribution < 1.29 is 27.6 Å². The van der Waals surface area contributed by atoms with Crippen LogP contribution in [0.1, 0.15) is 51.5 Å². The molecule has 0 bridgehead atoms. The Labute approximate surface area is 216 Å². The third-order valence-electron chi connectivity index (χ3n) is 7.55. The van der Waals surface area contributed by atoms with Crippen LogP contribution in [0.25, 0.3) is 0 Å². The topological polar surface area (TPSA) is 108 Å². The van der Waals surface area contributed by atoms with E-state index in [1.54, 1.807) is 17.9 Å². The Kier molecular flexibility index (Phi) is 9.22. The lowest BCUT2D eigenvalue weighted by molar-refractivity contribution is -0.137. The minimum Gasteiger partial charge on any atom is -0.344 e. The van der Waals surface area contributed by atoms with Crippen LogP contribution in [0.4, 0.5) is 18.9 Å². The van der Waals surface area contributed by atoms with Crippen LogP contribution in [0.5, 0.6) is 0 Å². The fourth-order valence-corrected chi connectivity index (χ4v) is 4.85.